The summed E-state index contributed by atoms with van der Waals surface area (Å²) in [6.45, 7) is 8.77. The summed E-state index contributed by atoms with van der Waals surface area (Å²) < 4.78 is 5.22. The number of aliphatic hydroxyl groups is 1. The molecule has 1 saturated heterocycles. The van der Waals surface area contributed by atoms with E-state index in [4.69, 9.17) is 9.84 Å². The van der Waals surface area contributed by atoms with E-state index in [1.54, 1.807) is 11.8 Å². The van der Waals surface area contributed by atoms with Gasteiger partial charge in [0.2, 0.25) is 0 Å². The molecule has 88 valence electrons. The average molecular weight is 215 g/mol. The summed E-state index contributed by atoms with van der Waals surface area (Å²) >= 11 is 0. The summed E-state index contributed by atoms with van der Waals surface area (Å²) in [7, 11) is 0. The van der Waals surface area contributed by atoms with Crippen LogP contribution in [0.15, 0.2) is 0 Å². The van der Waals surface area contributed by atoms with Gasteiger partial charge in [-0.2, -0.15) is 0 Å². The van der Waals surface area contributed by atoms with Gasteiger partial charge in [-0.05, 0) is 40.0 Å². The highest BCUT2D eigenvalue weighted by Gasteiger charge is 2.33. The lowest BCUT2D eigenvalue weighted by Gasteiger charge is -2.40. The smallest absolute Gasteiger partial charge is 0.410 e. The number of carbonyl (C=O) groups excluding carboxylic acids is 1. The Balaban J connectivity index is 2.24. The van der Waals surface area contributed by atoms with Gasteiger partial charge in [0.25, 0.3) is 0 Å². The predicted octanol–water partition coefficient (Wildman–Crippen LogP) is 1.62. The molecule has 1 unspecified atom stereocenters. The van der Waals surface area contributed by atoms with Gasteiger partial charge in [0.1, 0.15) is 5.60 Å². The Kier molecular flexibility index (Phi) is 3.60. The largest absolute Gasteiger partial charge is 0.444 e. The summed E-state index contributed by atoms with van der Waals surface area (Å²) in [4.78, 5) is 13.2. The third kappa shape index (κ3) is 4.08. The fourth-order valence-corrected chi connectivity index (χ4v) is 1.68. The van der Waals surface area contributed by atoms with Crippen LogP contribution in [0.1, 0.15) is 34.1 Å². The SMILES string of the molecule is CC(O)CC1CN(C(=O)OC(C)(C)C)C1. The topological polar surface area (TPSA) is 49.8 Å². The molecule has 0 aromatic heterocycles. The van der Waals surface area contributed by atoms with Gasteiger partial charge in [-0.15, -0.1) is 0 Å². The van der Waals surface area contributed by atoms with Gasteiger partial charge in [0.15, 0.2) is 0 Å². The van der Waals surface area contributed by atoms with Gasteiger partial charge in [0.05, 0.1) is 6.10 Å². The van der Waals surface area contributed by atoms with Crippen LogP contribution < -0.4 is 0 Å². The van der Waals surface area contributed by atoms with Crippen molar-refractivity contribution in [3.8, 4) is 0 Å². The number of hydrogen-bond donors (Lipinski definition) is 1. The van der Waals surface area contributed by atoms with Crippen molar-refractivity contribution in [2.45, 2.75) is 45.8 Å². The Morgan fingerprint density at radius 3 is 2.47 bits per heavy atom. The number of aliphatic hydroxyl groups excluding tert-OH is 1. The predicted molar refractivity (Wildman–Crippen MR) is 57.6 cm³/mol. The molecule has 1 N–H and O–H groups in total. The maximum Gasteiger partial charge on any atom is 0.410 e. The van der Waals surface area contributed by atoms with Crippen LogP contribution in [-0.4, -0.2) is 40.9 Å². The maximum atomic E-state index is 11.5. The highest BCUT2D eigenvalue weighted by molar-refractivity contribution is 5.69. The summed E-state index contributed by atoms with van der Waals surface area (Å²) in [6, 6.07) is 0. The molecule has 4 heteroatoms. The summed E-state index contributed by atoms with van der Waals surface area (Å²) in [5.41, 5.74) is -0.424. The first-order valence-electron chi connectivity index (χ1n) is 5.44. The van der Waals surface area contributed by atoms with E-state index in [1.165, 1.54) is 0 Å². The Labute approximate surface area is 91.2 Å². The van der Waals surface area contributed by atoms with Crippen molar-refractivity contribution in [3.05, 3.63) is 0 Å². The standard InChI is InChI=1S/C11H21NO3/c1-8(13)5-9-6-12(7-9)10(14)15-11(2,3)4/h8-9,13H,5-7H2,1-4H3. The lowest BCUT2D eigenvalue weighted by Crippen LogP contribution is -2.52. The molecule has 0 bridgehead atoms. The summed E-state index contributed by atoms with van der Waals surface area (Å²) in [5.74, 6) is 0.428. The van der Waals surface area contributed by atoms with Gasteiger partial charge >= 0.3 is 6.09 Å². The third-order valence-electron chi connectivity index (χ3n) is 2.28. The quantitative estimate of drug-likeness (QED) is 0.761. The molecule has 1 aliphatic rings. The fraction of sp³-hybridized carbons (Fsp3) is 0.909. The van der Waals surface area contributed by atoms with Crippen LogP contribution in [0, 0.1) is 5.92 Å². The molecule has 0 radical (unpaired) electrons. The number of amides is 1. The zero-order valence-corrected chi connectivity index (χ0v) is 9.99. The Hall–Kier alpha value is -0.770. The molecular formula is C11H21NO3. The van der Waals surface area contributed by atoms with Crippen molar-refractivity contribution in [1.29, 1.82) is 0 Å². The molecular weight excluding hydrogens is 194 g/mol. The minimum atomic E-state index is -0.424. The van der Waals surface area contributed by atoms with Crippen LogP contribution in [-0.2, 0) is 4.74 Å². The fourth-order valence-electron chi connectivity index (χ4n) is 1.68. The number of ether oxygens (including phenoxy) is 1. The zero-order chi connectivity index (χ0) is 11.6. The van der Waals surface area contributed by atoms with Crippen LogP contribution in [0.25, 0.3) is 0 Å². The average Bonchev–Trinajstić information content (AvgIpc) is 1.91. The van der Waals surface area contributed by atoms with E-state index in [2.05, 4.69) is 0 Å². The molecule has 0 aliphatic carbocycles. The zero-order valence-electron chi connectivity index (χ0n) is 9.99. The molecule has 1 amide bonds. The Morgan fingerprint density at radius 2 is 2.07 bits per heavy atom. The Bertz CT molecular complexity index is 226. The van der Waals surface area contributed by atoms with Gasteiger partial charge in [-0.3, -0.25) is 0 Å². The molecule has 0 saturated carbocycles. The second-order valence-corrected chi connectivity index (χ2v) is 5.34. The number of rotatable bonds is 2. The van der Waals surface area contributed by atoms with Crippen LogP contribution in [0.4, 0.5) is 4.79 Å². The van der Waals surface area contributed by atoms with E-state index >= 15 is 0 Å². The maximum absolute atomic E-state index is 11.5. The lowest BCUT2D eigenvalue weighted by atomic mass is 9.94. The summed E-state index contributed by atoms with van der Waals surface area (Å²) in [5, 5.41) is 9.16. The van der Waals surface area contributed by atoms with Crippen molar-refractivity contribution < 1.29 is 14.6 Å². The van der Waals surface area contributed by atoms with Crippen molar-refractivity contribution in [2.24, 2.45) is 5.92 Å². The van der Waals surface area contributed by atoms with E-state index in [0.29, 0.717) is 19.0 Å². The number of likely N-dealkylation sites (tertiary alicyclic amines) is 1. The molecule has 15 heavy (non-hydrogen) atoms. The van der Waals surface area contributed by atoms with Gasteiger partial charge in [0, 0.05) is 13.1 Å². The van der Waals surface area contributed by atoms with Gasteiger partial charge in [-0.1, -0.05) is 0 Å². The normalized spacial score (nSPS) is 19.7. The molecule has 1 atom stereocenters. The molecule has 1 fully saturated rings. The number of nitrogens with zero attached hydrogens (tertiary/aromatic N) is 1. The van der Waals surface area contributed by atoms with Gasteiger partial charge < -0.3 is 14.7 Å². The van der Waals surface area contributed by atoms with E-state index in [9.17, 15) is 4.79 Å². The first kappa shape index (κ1) is 12.3. The van der Waals surface area contributed by atoms with Crippen molar-refractivity contribution >= 4 is 6.09 Å². The Morgan fingerprint density at radius 1 is 1.53 bits per heavy atom. The third-order valence-corrected chi connectivity index (χ3v) is 2.28. The number of hydrogen-bond acceptors (Lipinski definition) is 3. The van der Waals surface area contributed by atoms with Gasteiger partial charge in [-0.25, -0.2) is 4.79 Å². The first-order chi connectivity index (χ1) is 6.78. The van der Waals surface area contributed by atoms with Crippen molar-refractivity contribution in [3.63, 3.8) is 0 Å². The second kappa shape index (κ2) is 4.39. The van der Waals surface area contributed by atoms with E-state index < -0.39 is 5.60 Å². The highest BCUT2D eigenvalue weighted by Crippen LogP contribution is 2.22. The van der Waals surface area contributed by atoms with E-state index in [0.717, 1.165) is 6.42 Å². The molecule has 0 aromatic rings. The van der Waals surface area contributed by atoms with Crippen molar-refractivity contribution in [2.75, 3.05) is 13.1 Å². The van der Waals surface area contributed by atoms with Crippen LogP contribution in [0.3, 0.4) is 0 Å². The second-order valence-electron chi connectivity index (χ2n) is 5.34. The monoisotopic (exact) mass is 215 g/mol. The molecule has 0 spiro atoms. The number of carbonyl (C=O) groups is 1. The molecule has 1 rings (SSSR count). The highest BCUT2D eigenvalue weighted by atomic mass is 16.6. The van der Waals surface area contributed by atoms with Crippen LogP contribution in [0.5, 0.6) is 0 Å². The summed E-state index contributed by atoms with van der Waals surface area (Å²) in [6.07, 6.45) is 0.236. The van der Waals surface area contributed by atoms with Crippen LogP contribution >= 0.6 is 0 Å². The molecule has 1 heterocycles. The first-order valence-corrected chi connectivity index (χ1v) is 5.44. The van der Waals surface area contributed by atoms with Crippen molar-refractivity contribution in [1.82, 2.24) is 4.90 Å². The van der Waals surface area contributed by atoms with E-state index in [1.807, 2.05) is 20.8 Å². The molecule has 4 nitrogen and oxygen atoms in total. The van der Waals surface area contributed by atoms with E-state index in [-0.39, 0.29) is 12.2 Å². The molecule has 1 aliphatic heterocycles. The van der Waals surface area contributed by atoms with Crippen LogP contribution in [0.2, 0.25) is 0 Å². The minimum Gasteiger partial charge on any atom is -0.444 e. The lowest BCUT2D eigenvalue weighted by molar-refractivity contribution is -0.00846. The molecule has 0 aromatic carbocycles. The minimum absolute atomic E-state index is 0.246.